The lowest BCUT2D eigenvalue weighted by Crippen LogP contribution is -2.24. The zero-order valence-electron chi connectivity index (χ0n) is 17.4. The number of hydrogen-bond donors (Lipinski definition) is 0. The Morgan fingerprint density at radius 2 is 1.42 bits per heavy atom. The van der Waals surface area contributed by atoms with E-state index in [1.165, 1.54) is 70.6 Å². The number of unbranched alkanes of at least 4 members (excludes halogenated alkanes) is 12. The lowest BCUT2D eigenvalue weighted by atomic mass is 10.0. The minimum atomic E-state index is -0.231. The molecule has 0 spiro atoms. The van der Waals surface area contributed by atoms with E-state index in [4.69, 9.17) is 4.74 Å². The fourth-order valence-electron chi connectivity index (χ4n) is 3.28. The maximum Gasteiger partial charge on any atom is 0.309 e. The van der Waals surface area contributed by atoms with Crippen LogP contribution in [0.15, 0.2) is 18.7 Å². The number of hydrogen-bond acceptors (Lipinski definition) is 2. The van der Waals surface area contributed by atoms with E-state index in [2.05, 4.69) is 6.92 Å². The summed E-state index contributed by atoms with van der Waals surface area (Å²) >= 11 is 0. The number of nitrogens with zero attached hydrogens (tertiary/aromatic N) is 2. The largest absolute Gasteiger partial charge is 0.422 e. The molecule has 1 rings (SSSR count). The van der Waals surface area contributed by atoms with Gasteiger partial charge in [-0.15, -0.1) is 0 Å². The van der Waals surface area contributed by atoms with Crippen LogP contribution in [0.4, 0.5) is 0 Å². The number of rotatable bonds is 16. The minimum Gasteiger partial charge on any atom is -0.422 e. The van der Waals surface area contributed by atoms with E-state index in [0.717, 1.165) is 12.8 Å². The number of imidazole rings is 1. The van der Waals surface area contributed by atoms with Gasteiger partial charge in [-0.3, -0.25) is 4.79 Å². The first-order valence-corrected chi connectivity index (χ1v) is 10.9. The number of aryl methyl sites for hydroxylation is 1. The molecule has 1 atom stereocenters. The summed E-state index contributed by atoms with van der Waals surface area (Å²) in [7, 11) is 1.96. The third-order valence-corrected chi connectivity index (χ3v) is 5.00. The van der Waals surface area contributed by atoms with Crippen molar-refractivity contribution in [1.82, 2.24) is 4.57 Å². The topological polar surface area (TPSA) is 35.1 Å². The van der Waals surface area contributed by atoms with Crippen LogP contribution < -0.4 is 4.57 Å². The fourth-order valence-corrected chi connectivity index (χ4v) is 3.28. The van der Waals surface area contributed by atoms with E-state index >= 15 is 0 Å². The average Bonchev–Trinajstić information content (AvgIpc) is 3.05. The van der Waals surface area contributed by atoms with Crippen molar-refractivity contribution < 1.29 is 14.1 Å². The maximum absolute atomic E-state index is 11.9. The quantitative estimate of drug-likeness (QED) is 0.209. The summed E-state index contributed by atoms with van der Waals surface area (Å²) in [5.74, 6) is -0.0862. The zero-order valence-corrected chi connectivity index (χ0v) is 17.4. The summed E-state index contributed by atoms with van der Waals surface area (Å²) in [5, 5.41) is 0. The molecule has 0 aromatic carbocycles. The van der Waals surface area contributed by atoms with Gasteiger partial charge < -0.3 is 4.74 Å². The molecule has 0 saturated carbocycles. The van der Waals surface area contributed by atoms with E-state index in [1.54, 1.807) is 0 Å². The van der Waals surface area contributed by atoms with Crippen molar-refractivity contribution in [3.05, 3.63) is 18.7 Å². The molecule has 1 aromatic heterocycles. The highest BCUT2D eigenvalue weighted by molar-refractivity contribution is 5.69. The molecule has 26 heavy (non-hydrogen) atoms. The molecule has 1 unspecified atom stereocenters. The lowest BCUT2D eigenvalue weighted by molar-refractivity contribution is -0.671. The van der Waals surface area contributed by atoms with Gasteiger partial charge in [0, 0.05) is 13.3 Å². The van der Waals surface area contributed by atoms with Crippen molar-refractivity contribution in [2.45, 2.75) is 110 Å². The Hall–Kier alpha value is -1.32. The molecule has 0 bridgehead atoms. The fraction of sp³-hybridized carbons (Fsp3) is 0.818. The Labute approximate surface area is 160 Å². The van der Waals surface area contributed by atoms with E-state index in [1.807, 2.05) is 41.8 Å². The van der Waals surface area contributed by atoms with Crippen LogP contribution in [0.5, 0.6) is 0 Å². The molecule has 0 fully saturated rings. The van der Waals surface area contributed by atoms with E-state index in [9.17, 15) is 4.79 Å². The molecule has 1 aromatic rings. The van der Waals surface area contributed by atoms with Crippen LogP contribution in [-0.2, 0) is 16.6 Å². The molecule has 4 nitrogen and oxygen atoms in total. The second-order valence-electron chi connectivity index (χ2n) is 7.61. The predicted octanol–water partition coefficient (Wildman–Crippen LogP) is 5.86. The van der Waals surface area contributed by atoms with Gasteiger partial charge in [0.25, 0.3) is 0 Å². The van der Waals surface area contributed by atoms with Gasteiger partial charge >= 0.3 is 5.97 Å². The maximum atomic E-state index is 11.9. The van der Waals surface area contributed by atoms with Crippen molar-refractivity contribution in [3.63, 3.8) is 0 Å². The van der Waals surface area contributed by atoms with Crippen LogP contribution >= 0.6 is 0 Å². The molecule has 4 heteroatoms. The van der Waals surface area contributed by atoms with Crippen molar-refractivity contribution in [3.8, 4) is 0 Å². The molecule has 0 aliphatic rings. The number of aromatic nitrogens is 2. The minimum absolute atomic E-state index is 0.0862. The number of esters is 1. The molecule has 0 radical (unpaired) electrons. The standard InChI is InChI=1S/C22H41N2O2/c1-4-5-6-7-8-9-10-11-12-13-14-15-16-17-22(25)26-21(2)24-19-18-23(3)20-24/h18-21H,4-17H2,1-3H3/q+1. The molecule has 0 amide bonds. The summed E-state index contributed by atoms with van der Waals surface area (Å²) in [5.41, 5.74) is 0. The first-order valence-electron chi connectivity index (χ1n) is 10.9. The predicted molar refractivity (Wildman–Crippen MR) is 107 cm³/mol. The van der Waals surface area contributed by atoms with Gasteiger partial charge in [-0.05, 0) is 6.42 Å². The van der Waals surface area contributed by atoms with Gasteiger partial charge in [-0.25, -0.2) is 4.57 Å². The lowest BCUT2D eigenvalue weighted by Gasteiger charge is -2.09. The van der Waals surface area contributed by atoms with E-state index < -0.39 is 0 Å². The van der Waals surface area contributed by atoms with Gasteiger partial charge in [-0.2, -0.15) is 4.57 Å². The monoisotopic (exact) mass is 365 g/mol. The molecular formula is C22H41N2O2+. The van der Waals surface area contributed by atoms with Gasteiger partial charge in [0.1, 0.15) is 12.4 Å². The van der Waals surface area contributed by atoms with Gasteiger partial charge in [-0.1, -0.05) is 84.0 Å². The summed E-state index contributed by atoms with van der Waals surface area (Å²) in [6.07, 6.45) is 23.2. The van der Waals surface area contributed by atoms with Crippen LogP contribution in [0.3, 0.4) is 0 Å². The van der Waals surface area contributed by atoms with Crippen LogP contribution in [0.25, 0.3) is 0 Å². The zero-order chi connectivity index (χ0) is 19.0. The Balaban J connectivity index is 1.87. The van der Waals surface area contributed by atoms with Gasteiger partial charge in [0.2, 0.25) is 12.6 Å². The van der Waals surface area contributed by atoms with Crippen LogP contribution in [0.1, 0.15) is 110 Å². The molecule has 0 N–H and O–H groups in total. The van der Waals surface area contributed by atoms with Gasteiger partial charge in [0.05, 0.1) is 7.05 Å². The first kappa shape index (κ1) is 22.7. The van der Waals surface area contributed by atoms with Crippen molar-refractivity contribution in [1.29, 1.82) is 0 Å². The third-order valence-electron chi connectivity index (χ3n) is 5.00. The SMILES string of the molecule is CCCCCCCCCCCCCCCC(=O)OC(C)n1cc[n+](C)c1. The molecular weight excluding hydrogens is 324 g/mol. The third kappa shape index (κ3) is 11.3. The summed E-state index contributed by atoms with van der Waals surface area (Å²) in [6.45, 7) is 4.18. The molecule has 0 aliphatic carbocycles. The smallest absolute Gasteiger partial charge is 0.309 e. The Bertz CT molecular complexity index is 470. The normalized spacial score (nSPS) is 12.3. The summed E-state index contributed by atoms with van der Waals surface area (Å²) in [6, 6.07) is 0. The van der Waals surface area contributed by atoms with Crippen molar-refractivity contribution in [2.24, 2.45) is 7.05 Å². The number of carbonyl (C=O) groups excluding carboxylic acids is 1. The molecule has 1 heterocycles. The average molecular weight is 366 g/mol. The number of ether oxygens (including phenoxy) is 1. The number of carbonyl (C=O) groups is 1. The van der Waals surface area contributed by atoms with Crippen LogP contribution in [0.2, 0.25) is 0 Å². The van der Waals surface area contributed by atoms with Gasteiger partial charge in [0.15, 0.2) is 0 Å². The van der Waals surface area contributed by atoms with Crippen molar-refractivity contribution >= 4 is 5.97 Å². The Kier molecular flexibility index (Phi) is 12.9. The Morgan fingerprint density at radius 3 is 1.88 bits per heavy atom. The highest BCUT2D eigenvalue weighted by atomic mass is 16.6. The first-order chi connectivity index (χ1) is 12.6. The summed E-state index contributed by atoms with van der Waals surface area (Å²) < 4.78 is 9.31. The van der Waals surface area contributed by atoms with Crippen LogP contribution in [-0.4, -0.2) is 10.5 Å². The second kappa shape index (κ2) is 14.8. The molecule has 0 aliphatic heterocycles. The highest BCUT2D eigenvalue weighted by Gasteiger charge is 2.15. The second-order valence-corrected chi connectivity index (χ2v) is 7.61. The Morgan fingerprint density at radius 1 is 0.923 bits per heavy atom. The van der Waals surface area contributed by atoms with E-state index in [0.29, 0.717) is 6.42 Å². The molecule has 150 valence electrons. The van der Waals surface area contributed by atoms with Crippen LogP contribution in [0, 0.1) is 0 Å². The van der Waals surface area contributed by atoms with E-state index in [-0.39, 0.29) is 12.2 Å². The molecule has 0 saturated heterocycles. The van der Waals surface area contributed by atoms with Crippen molar-refractivity contribution in [2.75, 3.05) is 0 Å². The summed E-state index contributed by atoms with van der Waals surface area (Å²) in [4.78, 5) is 11.9. The highest BCUT2D eigenvalue weighted by Crippen LogP contribution is 2.14.